The van der Waals surface area contributed by atoms with Crippen molar-refractivity contribution in [1.82, 2.24) is 15.6 Å². The molecule has 1 aliphatic carbocycles. The molecule has 1 atom stereocenters. The van der Waals surface area contributed by atoms with Gasteiger partial charge in [0.15, 0.2) is 15.1 Å². The Kier molecular flexibility index (Phi) is 8.81. The van der Waals surface area contributed by atoms with Gasteiger partial charge in [-0.1, -0.05) is 24.3 Å². The predicted molar refractivity (Wildman–Crippen MR) is 149 cm³/mol. The lowest BCUT2D eigenvalue weighted by Crippen LogP contribution is -2.41. The SMILES string of the molecule is COCCS(=O)(=O)C(C(=O)NCC(=O)NC1CC1)c1nc2cc(F)c(-c3ccc(/C(N)=C/C(N)=O)cc3)cc2s1. The average molecular weight is 590 g/mol. The molecule has 2 aromatic carbocycles. The molecule has 1 fully saturated rings. The maximum atomic E-state index is 15.1. The zero-order valence-corrected chi connectivity index (χ0v) is 23.1. The number of nitrogens with two attached hydrogens (primary N) is 2. The number of sulfone groups is 1. The minimum atomic E-state index is -4.10. The standard InChI is InChI=1S/C26H28FN5O6S2/c1-38-8-9-40(36,37)24(25(35)30-13-23(34)31-16-6-7-16)26-32-20-11-18(27)17(10-21(20)39-26)14-2-4-15(5-3-14)19(28)12-22(29)33/h2-5,10-12,16,24H,6-9,13,28H2,1H3,(H2,29,33)(H,30,35)(H,31,34)/b19-12-. The van der Waals surface area contributed by atoms with Crippen molar-refractivity contribution in [2.45, 2.75) is 24.1 Å². The van der Waals surface area contributed by atoms with Gasteiger partial charge in [-0.2, -0.15) is 0 Å². The number of carbonyl (C=O) groups is 3. The summed E-state index contributed by atoms with van der Waals surface area (Å²) in [5.41, 5.74) is 12.5. The quantitative estimate of drug-likeness (QED) is 0.228. The molecule has 0 bridgehead atoms. The van der Waals surface area contributed by atoms with E-state index >= 15 is 4.39 Å². The number of rotatable bonds is 12. The second kappa shape index (κ2) is 12.1. The minimum Gasteiger partial charge on any atom is -0.398 e. The third kappa shape index (κ3) is 7.00. The van der Waals surface area contributed by atoms with Crippen molar-refractivity contribution in [2.75, 3.05) is 26.0 Å². The number of amides is 3. The molecule has 1 unspecified atom stereocenters. The molecule has 4 rings (SSSR count). The monoisotopic (exact) mass is 589 g/mol. The van der Waals surface area contributed by atoms with Crippen LogP contribution < -0.4 is 22.1 Å². The highest BCUT2D eigenvalue weighted by Gasteiger charge is 2.37. The average Bonchev–Trinajstić information content (AvgIpc) is 3.62. The van der Waals surface area contributed by atoms with Crippen LogP contribution in [0, 0.1) is 5.82 Å². The van der Waals surface area contributed by atoms with Gasteiger partial charge in [0, 0.05) is 36.6 Å². The van der Waals surface area contributed by atoms with E-state index in [0.717, 1.165) is 30.3 Å². The summed E-state index contributed by atoms with van der Waals surface area (Å²) < 4.78 is 46.8. The normalized spacial score (nSPS) is 14.6. The van der Waals surface area contributed by atoms with Crippen molar-refractivity contribution in [2.24, 2.45) is 11.5 Å². The zero-order chi connectivity index (χ0) is 29.0. The Balaban J connectivity index is 1.65. The molecule has 0 spiro atoms. The van der Waals surface area contributed by atoms with Crippen molar-refractivity contribution in [1.29, 1.82) is 0 Å². The molecule has 40 heavy (non-hydrogen) atoms. The third-order valence-electron chi connectivity index (χ3n) is 6.08. The Hall–Kier alpha value is -3.88. The van der Waals surface area contributed by atoms with Crippen molar-refractivity contribution in [3.8, 4) is 11.1 Å². The highest BCUT2D eigenvalue weighted by molar-refractivity contribution is 7.92. The second-order valence-corrected chi connectivity index (χ2v) is 12.5. The van der Waals surface area contributed by atoms with Crippen LogP contribution in [0.5, 0.6) is 0 Å². The fourth-order valence-electron chi connectivity index (χ4n) is 3.89. The van der Waals surface area contributed by atoms with Crippen molar-refractivity contribution in [3.05, 3.63) is 58.9 Å². The molecule has 0 radical (unpaired) electrons. The summed E-state index contributed by atoms with van der Waals surface area (Å²) >= 11 is 0.942. The highest BCUT2D eigenvalue weighted by atomic mass is 32.2. The fraction of sp³-hybridized carbons (Fsp3) is 0.308. The van der Waals surface area contributed by atoms with Crippen LogP contribution in [0.4, 0.5) is 4.39 Å². The lowest BCUT2D eigenvalue weighted by molar-refractivity contribution is -0.126. The van der Waals surface area contributed by atoms with Crippen molar-refractivity contribution >= 4 is 54.8 Å². The highest BCUT2D eigenvalue weighted by Crippen LogP contribution is 2.35. The van der Waals surface area contributed by atoms with Gasteiger partial charge in [-0.15, -0.1) is 11.3 Å². The molecule has 14 heteroatoms. The summed E-state index contributed by atoms with van der Waals surface area (Å²) in [4.78, 5) is 40.5. The number of primary amides is 1. The van der Waals surface area contributed by atoms with Gasteiger partial charge in [-0.25, -0.2) is 17.8 Å². The number of fused-ring (bicyclic) bond motifs is 1. The molecule has 1 aromatic heterocycles. The maximum Gasteiger partial charge on any atom is 0.245 e. The van der Waals surface area contributed by atoms with E-state index in [1.165, 1.54) is 19.2 Å². The van der Waals surface area contributed by atoms with Crippen LogP contribution >= 0.6 is 11.3 Å². The minimum absolute atomic E-state index is 0.0533. The number of halogens is 1. The number of carbonyl (C=O) groups excluding carboxylic acids is 3. The Bertz CT molecular complexity index is 1580. The number of hydrogen-bond acceptors (Lipinski definition) is 9. The largest absolute Gasteiger partial charge is 0.398 e. The maximum absolute atomic E-state index is 15.1. The lowest BCUT2D eigenvalue weighted by Gasteiger charge is -2.15. The molecular weight excluding hydrogens is 561 g/mol. The zero-order valence-electron chi connectivity index (χ0n) is 21.5. The topological polar surface area (TPSA) is 184 Å². The summed E-state index contributed by atoms with van der Waals surface area (Å²) in [6.07, 6.45) is 2.80. The molecule has 0 saturated heterocycles. The molecule has 3 aromatic rings. The first kappa shape index (κ1) is 29.1. The Morgan fingerprint density at radius 2 is 1.90 bits per heavy atom. The number of methoxy groups -OCH3 is 1. The lowest BCUT2D eigenvalue weighted by atomic mass is 10.0. The Morgan fingerprint density at radius 3 is 2.52 bits per heavy atom. The van der Waals surface area contributed by atoms with Gasteiger partial charge in [0.1, 0.15) is 10.8 Å². The fourth-order valence-corrected chi connectivity index (χ4v) is 6.85. The van der Waals surface area contributed by atoms with Crippen LogP contribution in [0.25, 0.3) is 27.0 Å². The molecule has 6 N–H and O–H groups in total. The number of aromatic nitrogens is 1. The van der Waals surface area contributed by atoms with Crippen molar-refractivity contribution < 1.29 is 31.9 Å². The van der Waals surface area contributed by atoms with Gasteiger partial charge in [0.05, 0.1) is 29.1 Å². The van der Waals surface area contributed by atoms with Gasteiger partial charge in [0.2, 0.25) is 17.7 Å². The van der Waals surface area contributed by atoms with Crippen LogP contribution in [0.15, 0.2) is 42.5 Å². The van der Waals surface area contributed by atoms with Crippen LogP contribution in [0.3, 0.4) is 0 Å². The number of hydrogen-bond donors (Lipinski definition) is 4. The van der Waals surface area contributed by atoms with Gasteiger partial charge in [-0.05, 0) is 30.0 Å². The number of benzene rings is 2. The Morgan fingerprint density at radius 1 is 1.20 bits per heavy atom. The van der Waals surface area contributed by atoms with E-state index in [0.29, 0.717) is 15.8 Å². The molecule has 3 amide bonds. The molecule has 212 valence electrons. The van der Waals surface area contributed by atoms with E-state index < -0.39 is 44.4 Å². The summed E-state index contributed by atoms with van der Waals surface area (Å²) in [5, 5.41) is 3.35. The summed E-state index contributed by atoms with van der Waals surface area (Å²) in [7, 11) is -2.76. The first-order chi connectivity index (χ1) is 19.0. The summed E-state index contributed by atoms with van der Waals surface area (Å²) in [6.45, 7) is -0.530. The van der Waals surface area contributed by atoms with E-state index in [1.807, 2.05) is 0 Å². The molecule has 1 heterocycles. The number of nitrogens with zero attached hydrogens (tertiary/aromatic N) is 1. The van der Waals surface area contributed by atoms with E-state index in [-0.39, 0.29) is 41.0 Å². The Labute approximate surface area is 233 Å². The molecule has 1 saturated carbocycles. The van der Waals surface area contributed by atoms with E-state index in [1.54, 1.807) is 24.3 Å². The third-order valence-corrected chi connectivity index (χ3v) is 9.20. The van der Waals surface area contributed by atoms with Gasteiger partial charge in [-0.3, -0.25) is 14.4 Å². The smallest absolute Gasteiger partial charge is 0.245 e. The molecular formula is C26H28FN5O6S2. The van der Waals surface area contributed by atoms with E-state index in [4.69, 9.17) is 16.2 Å². The number of thiazole rings is 1. The van der Waals surface area contributed by atoms with Crippen LogP contribution in [0.1, 0.15) is 28.7 Å². The predicted octanol–water partition coefficient (Wildman–Crippen LogP) is 1.38. The molecule has 0 aliphatic heterocycles. The van der Waals surface area contributed by atoms with Crippen molar-refractivity contribution in [3.63, 3.8) is 0 Å². The number of ether oxygens (including phenoxy) is 1. The first-order valence-corrected chi connectivity index (χ1v) is 14.8. The van der Waals surface area contributed by atoms with Gasteiger partial charge >= 0.3 is 0 Å². The van der Waals surface area contributed by atoms with Crippen LogP contribution in [-0.4, -0.2) is 63.2 Å². The van der Waals surface area contributed by atoms with Gasteiger partial charge < -0.3 is 26.8 Å². The van der Waals surface area contributed by atoms with Crippen LogP contribution in [0.2, 0.25) is 0 Å². The summed E-state index contributed by atoms with van der Waals surface area (Å²) in [6, 6.07) is 9.20. The van der Waals surface area contributed by atoms with Gasteiger partial charge in [0.25, 0.3) is 0 Å². The van der Waals surface area contributed by atoms with E-state index in [9.17, 15) is 22.8 Å². The first-order valence-electron chi connectivity index (χ1n) is 12.2. The molecule has 11 nitrogen and oxygen atoms in total. The molecule has 1 aliphatic rings. The van der Waals surface area contributed by atoms with Crippen LogP contribution in [-0.2, 0) is 29.0 Å². The summed E-state index contributed by atoms with van der Waals surface area (Å²) in [5.74, 6) is -3.09. The van der Waals surface area contributed by atoms with E-state index in [2.05, 4.69) is 15.6 Å². The second-order valence-electron chi connectivity index (χ2n) is 9.23. The number of nitrogens with one attached hydrogen (secondary N) is 2.